The first-order chi connectivity index (χ1) is 4.27. The van der Waals surface area contributed by atoms with E-state index in [0.29, 0.717) is 0 Å². The molecule has 0 saturated carbocycles. The van der Waals surface area contributed by atoms with E-state index in [1.54, 1.807) is 7.11 Å². The van der Waals surface area contributed by atoms with E-state index in [-0.39, 0.29) is 0 Å². The molecule has 1 aliphatic rings. The summed E-state index contributed by atoms with van der Waals surface area (Å²) in [5.41, 5.74) is 0. The lowest BCUT2D eigenvalue weighted by molar-refractivity contribution is 0.354. The monoisotopic (exact) mass is 149 g/mol. The molecule has 9 heavy (non-hydrogen) atoms. The molecule has 0 bridgehead atoms. The van der Waals surface area contributed by atoms with Crippen LogP contribution in [0.15, 0.2) is 0 Å². The summed E-state index contributed by atoms with van der Waals surface area (Å²) >= 11 is 0. The van der Waals surface area contributed by atoms with Crippen LogP contribution in [0.3, 0.4) is 0 Å². The predicted molar refractivity (Wildman–Crippen MR) is 39.7 cm³/mol. The second-order valence-corrected chi connectivity index (χ2v) is 5.49. The van der Waals surface area contributed by atoms with E-state index in [1.165, 1.54) is 6.42 Å². The summed E-state index contributed by atoms with van der Waals surface area (Å²) in [6.07, 6.45) is 5.41. The quantitative estimate of drug-likeness (QED) is 0.574. The zero-order valence-corrected chi connectivity index (χ0v) is 6.73. The largest absolute Gasteiger partial charge is 0.270 e. The molecule has 2 nitrogen and oxygen atoms in total. The van der Waals surface area contributed by atoms with E-state index in [1.807, 2.05) is 0 Å². The number of hydrogen-bond acceptors (Lipinski definition) is 2. The van der Waals surface area contributed by atoms with E-state index in [9.17, 15) is 4.89 Å². The lowest BCUT2D eigenvalue weighted by Crippen LogP contribution is -2.10. The van der Waals surface area contributed by atoms with Gasteiger partial charge >= 0.3 is 0 Å². The molecule has 0 amide bonds. The number of rotatable bonds is 1. The van der Waals surface area contributed by atoms with Crippen molar-refractivity contribution in [3.05, 3.63) is 0 Å². The average Bonchev–Trinajstić information content (AvgIpc) is 1.90. The minimum absolute atomic E-state index is 0.920. The highest BCUT2D eigenvalue weighted by molar-refractivity contribution is 7.65. The normalized spacial score (nSPS) is 26.0. The van der Waals surface area contributed by atoms with Crippen molar-refractivity contribution < 1.29 is 9.42 Å². The van der Waals surface area contributed by atoms with Crippen LogP contribution in [0, 0.1) is 0 Å². The molecule has 0 radical (unpaired) electrons. The average molecular weight is 149 g/mol. The van der Waals surface area contributed by atoms with Crippen molar-refractivity contribution in [2.45, 2.75) is 19.3 Å². The summed E-state index contributed by atoms with van der Waals surface area (Å²) in [5.74, 6) is 0. The molecule has 1 rings (SSSR count). The standard InChI is InChI=1S/C6H14O2P/c1-8-9(7)5-3-2-4-6-9/h7H,2-6H2,1H3/q+1. The fourth-order valence-corrected chi connectivity index (χ4v) is 3.21. The van der Waals surface area contributed by atoms with Crippen LogP contribution < -0.4 is 0 Å². The van der Waals surface area contributed by atoms with Crippen molar-refractivity contribution in [1.82, 2.24) is 0 Å². The van der Waals surface area contributed by atoms with E-state index in [2.05, 4.69) is 0 Å². The topological polar surface area (TPSA) is 29.5 Å². The molecule has 0 spiro atoms. The fraction of sp³-hybridized carbons (Fsp3) is 1.00. The molecule has 0 atom stereocenters. The van der Waals surface area contributed by atoms with Crippen LogP contribution in [0.5, 0.6) is 0 Å². The van der Waals surface area contributed by atoms with Gasteiger partial charge in [0.05, 0.1) is 7.11 Å². The summed E-state index contributed by atoms with van der Waals surface area (Å²) in [5, 5.41) is 0. The van der Waals surface area contributed by atoms with Gasteiger partial charge in [0.25, 0.3) is 7.72 Å². The Kier molecular flexibility index (Phi) is 2.45. The molecule has 0 aromatic heterocycles. The van der Waals surface area contributed by atoms with Gasteiger partial charge in [-0.25, -0.2) is 9.42 Å². The highest BCUT2D eigenvalue weighted by Gasteiger charge is 2.37. The smallest absolute Gasteiger partial charge is 0.220 e. The third-order valence-corrected chi connectivity index (χ3v) is 4.56. The molecule has 3 heteroatoms. The Hall–Kier alpha value is 0.350. The summed E-state index contributed by atoms with van der Waals surface area (Å²) in [7, 11) is -0.220. The lowest BCUT2D eigenvalue weighted by Gasteiger charge is -2.20. The van der Waals surface area contributed by atoms with Crippen molar-refractivity contribution in [3.63, 3.8) is 0 Å². The highest BCUT2D eigenvalue weighted by Crippen LogP contribution is 2.58. The molecule has 54 valence electrons. The Morgan fingerprint density at radius 2 is 1.78 bits per heavy atom. The highest BCUT2D eigenvalue weighted by atomic mass is 31.2. The van der Waals surface area contributed by atoms with Crippen molar-refractivity contribution in [2.24, 2.45) is 0 Å². The van der Waals surface area contributed by atoms with E-state index < -0.39 is 7.72 Å². The zero-order chi connectivity index (χ0) is 6.74. The van der Waals surface area contributed by atoms with Crippen LogP contribution >= 0.6 is 7.72 Å². The lowest BCUT2D eigenvalue weighted by atomic mass is 10.3. The van der Waals surface area contributed by atoms with E-state index in [0.717, 1.165) is 25.2 Å². The SMILES string of the molecule is CO[P+]1(O)CCCCC1. The maximum Gasteiger partial charge on any atom is 0.270 e. The van der Waals surface area contributed by atoms with Crippen molar-refractivity contribution in [3.8, 4) is 0 Å². The van der Waals surface area contributed by atoms with Gasteiger partial charge in [-0.1, -0.05) is 0 Å². The first-order valence-electron chi connectivity index (χ1n) is 3.42. The van der Waals surface area contributed by atoms with Crippen LogP contribution in [0.2, 0.25) is 0 Å². The molecule has 1 aliphatic heterocycles. The Morgan fingerprint density at radius 1 is 1.22 bits per heavy atom. The van der Waals surface area contributed by atoms with Gasteiger partial charge in [-0.05, 0) is 19.3 Å². The Bertz CT molecular complexity index is 89.1. The molecule has 1 fully saturated rings. The molecule has 0 aromatic rings. The van der Waals surface area contributed by atoms with Crippen molar-refractivity contribution in [1.29, 1.82) is 0 Å². The van der Waals surface area contributed by atoms with Gasteiger partial charge in [0.1, 0.15) is 12.3 Å². The summed E-state index contributed by atoms with van der Waals surface area (Å²) in [4.78, 5) is 9.57. The number of hydrogen-bond donors (Lipinski definition) is 1. The molecular weight excluding hydrogens is 135 g/mol. The Labute approximate surface area is 56.7 Å². The molecule has 0 aliphatic carbocycles. The van der Waals surface area contributed by atoms with Gasteiger partial charge in [0.2, 0.25) is 0 Å². The second-order valence-electron chi connectivity index (χ2n) is 2.54. The van der Waals surface area contributed by atoms with Gasteiger partial charge in [0.15, 0.2) is 0 Å². The van der Waals surface area contributed by atoms with Gasteiger partial charge in [-0.15, -0.1) is 0 Å². The van der Waals surface area contributed by atoms with Crippen LogP contribution in [0.25, 0.3) is 0 Å². The zero-order valence-electron chi connectivity index (χ0n) is 5.84. The molecule has 1 saturated heterocycles. The molecule has 1 heterocycles. The minimum Gasteiger partial charge on any atom is -0.220 e. The van der Waals surface area contributed by atoms with E-state index in [4.69, 9.17) is 4.52 Å². The van der Waals surface area contributed by atoms with Crippen LogP contribution in [0.4, 0.5) is 0 Å². The molecular formula is C6H14O2P+. The van der Waals surface area contributed by atoms with Gasteiger partial charge < -0.3 is 0 Å². The summed E-state index contributed by atoms with van der Waals surface area (Å²) in [6.45, 7) is 0. The van der Waals surface area contributed by atoms with E-state index >= 15 is 0 Å². The van der Waals surface area contributed by atoms with Crippen molar-refractivity contribution in [2.75, 3.05) is 19.4 Å². The summed E-state index contributed by atoms with van der Waals surface area (Å²) < 4.78 is 5.05. The molecule has 0 unspecified atom stereocenters. The molecule has 0 aromatic carbocycles. The first kappa shape index (κ1) is 7.46. The third kappa shape index (κ3) is 1.89. The summed E-state index contributed by atoms with van der Waals surface area (Å²) in [6, 6.07) is 0. The van der Waals surface area contributed by atoms with Crippen molar-refractivity contribution >= 4 is 7.72 Å². The van der Waals surface area contributed by atoms with Gasteiger partial charge in [0, 0.05) is 0 Å². The Morgan fingerprint density at radius 3 is 2.11 bits per heavy atom. The van der Waals surface area contributed by atoms with Crippen LogP contribution in [0.1, 0.15) is 19.3 Å². The van der Waals surface area contributed by atoms with Crippen LogP contribution in [-0.4, -0.2) is 24.3 Å². The van der Waals surface area contributed by atoms with Gasteiger partial charge in [-0.3, -0.25) is 0 Å². The van der Waals surface area contributed by atoms with Crippen LogP contribution in [-0.2, 0) is 4.52 Å². The molecule has 1 N–H and O–H groups in total. The maximum absolute atomic E-state index is 9.57. The Balaban J connectivity index is 2.37. The fourth-order valence-electron chi connectivity index (χ4n) is 1.19. The predicted octanol–water partition coefficient (Wildman–Crippen LogP) is 1.66. The van der Waals surface area contributed by atoms with Gasteiger partial charge in [-0.2, -0.15) is 0 Å². The third-order valence-electron chi connectivity index (χ3n) is 1.85. The second kappa shape index (κ2) is 2.96. The first-order valence-corrected chi connectivity index (χ1v) is 5.45. The minimum atomic E-state index is -1.84. The maximum atomic E-state index is 9.57.